The van der Waals surface area contributed by atoms with Crippen LogP contribution in [0, 0.1) is 6.92 Å². The Morgan fingerprint density at radius 1 is 1.10 bits per heavy atom. The third-order valence-electron chi connectivity index (χ3n) is 4.16. The lowest BCUT2D eigenvalue weighted by Crippen LogP contribution is -2.38. The van der Waals surface area contributed by atoms with Gasteiger partial charge in [-0.1, -0.05) is 23.4 Å². The van der Waals surface area contributed by atoms with Gasteiger partial charge >= 0.3 is 0 Å². The molecule has 0 bridgehead atoms. The highest BCUT2D eigenvalue weighted by atomic mass is 32.2. The van der Waals surface area contributed by atoms with Crippen molar-refractivity contribution in [3.63, 3.8) is 0 Å². The lowest BCUT2D eigenvalue weighted by molar-refractivity contribution is -0.114. The molecule has 0 fully saturated rings. The summed E-state index contributed by atoms with van der Waals surface area (Å²) in [5.41, 5.74) is 0.734. The minimum absolute atomic E-state index is 0.0261. The molecule has 0 aliphatic carbocycles. The monoisotopic (exact) mass is 431 g/mol. The van der Waals surface area contributed by atoms with E-state index in [1.54, 1.807) is 37.3 Å². The number of aromatic nitrogens is 1. The molecule has 0 spiro atoms. The number of anilines is 2. The Morgan fingerprint density at radius 3 is 2.43 bits per heavy atom. The number of amides is 1. The van der Waals surface area contributed by atoms with Crippen LogP contribution in [-0.4, -0.2) is 40.2 Å². The summed E-state index contributed by atoms with van der Waals surface area (Å²) < 4.78 is 43.3. The van der Waals surface area contributed by atoms with E-state index < -0.39 is 22.5 Å². The maximum Gasteiger partial charge on any atom is 0.264 e. The molecule has 0 atom stereocenters. The topological polar surface area (TPSA) is 111 Å². The van der Waals surface area contributed by atoms with Crippen LogP contribution in [0.4, 0.5) is 11.6 Å². The van der Waals surface area contributed by atoms with Gasteiger partial charge in [0.1, 0.15) is 18.0 Å². The van der Waals surface area contributed by atoms with Gasteiger partial charge in [-0.2, -0.15) is 0 Å². The molecule has 158 valence electrons. The number of carbonyl (C=O) groups excluding carboxylic acids is 1. The number of ether oxygens (including phenoxy) is 2. The largest absolute Gasteiger partial charge is 0.497 e. The van der Waals surface area contributed by atoms with Crippen LogP contribution >= 0.6 is 0 Å². The molecule has 3 aromatic rings. The van der Waals surface area contributed by atoms with E-state index in [2.05, 4.69) is 10.5 Å². The molecule has 0 aliphatic rings. The highest BCUT2D eigenvalue weighted by molar-refractivity contribution is 7.92. The Balaban J connectivity index is 2.04. The van der Waals surface area contributed by atoms with Gasteiger partial charge in [0.15, 0.2) is 0 Å². The second kappa shape index (κ2) is 8.87. The van der Waals surface area contributed by atoms with Gasteiger partial charge in [-0.3, -0.25) is 14.4 Å². The number of aryl methyl sites for hydroxylation is 1. The lowest BCUT2D eigenvalue weighted by Gasteiger charge is -2.25. The number of benzene rings is 2. The van der Waals surface area contributed by atoms with E-state index in [1.165, 1.54) is 38.5 Å². The van der Waals surface area contributed by atoms with Crippen molar-refractivity contribution in [3.8, 4) is 11.5 Å². The average molecular weight is 431 g/mol. The van der Waals surface area contributed by atoms with Crippen LogP contribution in [0.1, 0.15) is 5.69 Å². The summed E-state index contributed by atoms with van der Waals surface area (Å²) in [6.45, 7) is 1.17. The fraction of sp³-hybridized carbons (Fsp3) is 0.200. The highest BCUT2D eigenvalue weighted by Gasteiger charge is 2.30. The number of carbonyl (C=O) groups is 1. The van der Waals surface area contributed by atoms with Crippen molar-refractivity contribution >= 4 is 27.5 Å². The van der Waals surface area contributed by atoms with E-state index in [0.29, 0.717) is 11.4 Å². The van der Waals surface area contributed by atoms with Gasteiger partial charge < -0.3 is 14.0 Å². The summed E-state index contributed by atoms with van der Waals surface area (Å²) in [6, 6.07) is 14.0. The minimum Gasteiger partial charge on any atom is -0.497 e. The second-order valence-electron chi connectivity index (χ2n) is 6.24. The van der Waals surface area contributed by atoms with Gasteiger partial charge in [-0.15, -0.1) is 0 Å². The zero-order valence-electron chi connectivity index (χ0n) is 16.7. The molecule has 0 aliphatic heterocycles. The van der Waals surface area contributed by atoms with Crippen LogP contribution in [0.15, 0.2) is 64.0 Å². The molecule has 1 aromatic heterocycles. The van der Waals surface area contributed by atoms with Gasteiger partial charge in [0.25, 0.3) is 10.0 Å². The Hall–Kier alpha value is -3.53. The summed E-state index contributed by atoms with van der Waals surface area (Å²) in [6.07, 6.45) is 0. The third-order valence-corrected chi connectivity index (χ3v) is 5.94. The predicted octanol–water partition coefficient (Wildman–Crippen LogP) is 2.83. The molecule has 1 amide bonds. The molecule has 0 saturated heterocycles. The number of nitrogens with zero attached hydrogens (tertiary/aromatic N) is 2. The first-order valence-electron chi connectivity index (χ1n) is 8.88. The summed E-state index contributed by atoms with van der Waals surface area (Å²) in [7, 11) is -1.23. The summed E-state index contributed by atoms with van der Waals surface area (Å²) in [5.74, 6) is 0.173. The Bertz CT molecular complexity index is 1130. The van der Waals surface area contributed by atoms with E-state index in [0.717, 1.165) is 4.31 Å². The van der Waals surface area contributed by atoms with Gasteiger partial charge in [-0.25, -0.2) is 8.42 Å². The highest BCUT2D eigenvalue weighted by Crippen LogP contribution is 2.35. The molecule has 0 unspecified atom stereocenters. The van der Waals surface area contributed by atoms with Crippen molar-refractivity contribution < 1.29 is 27.2 Å². The van der Waals surface area contributed by atoms with Crippen molar-refractivity contribution in [2.75, 3.05) is 30.4 Å². The van der Waals surface area contributed by atoms with Gasteiger partial charge in [0.05, 0.1) is 30.5 Å². The number of nitrogens with one attached hydrogen (secondary N) is 1. The summed E-state index contributed by atoms with van der Waals surface area (Å²) >= 11 is 0. The van der Waals surface area contributed by atoms with Gasteiger partial charge in [0.2, 0.25) is 11.8 Å². The zero-order valence-corrected chi connectivity index (χ0v) is 17.5. The second-order valence-corrected chi connectivity index (χ2v) is 8.11. The maximum atomic E-state index is 13.4. The first-order chi connectivity index (χ1) is 14.3. The fourth-order valence-corrected chi connectivity index (χ4v) is 4.19. The molecule has 9 nitrogen and oxygen atoms in total. The van der Waals surface area contributed by atoms with Crippen LogP contribution in [0.5, 0.6) is 11.5 Å². The van der Waals surface area contributed by atoms with Crippen molar-refractivity contribution in [2.24, 2.45) is 0 Å². The van der Waals surface area contributed by atoms with Crippen molar-refractivity contribution in [2.45, 2.75) is 11.8 Å². The molecule has 2 aromatic carbocycles. The fourth-order valence-electron chi connectivity index (χ4n) is 2.74. The number of rotatable bonds is 8. The van der Waals surface area contributed by atoms with Crippen molar-refractivity contribution in [1.29, 1.82) is 0 Å². The number of methoxy groups -OCH3 is 2. The first-order valence-corrected chi connectivity index (χ1v) is 10.3. The van der Waals surface area contributed by atoms with Crippen molar-refractivity contribution in [3.05, 3.63) is 60.3 Å². The molecular weight excluding hydrogens is 410 g/mol. The van der Waals surface area contributed by atoms with E-state index >= 15 is 0 Å². The van der Waals surface area contributed by atoms with Crippen LogP contribution in [0.3, 0.4) is 0 Å². The first kappa shape index (κ1) is 21.2. The molecule has 1 N–H and O–H groups in total. The smallest absolute Gasteiger partial charge is 0.264 e. The molecule has 3 rings (SSSR count). The Morgan fingerprint density at radius 2 is 1.83 bits per heavy atom. The minimum atomic E-state index is -4.10. The van der Waals surface area contributed by atoms with Crippen molar-refractivity contribution in [1.82, 2.24) is 5.16 Å². The zero-order chi connectivity index (χ0) is 21.7. The van der Waals surface area contributed by atoms with E-state index in [4.69, 9.17) is 14.0 Å². The number of hydrogen-bond donors (Lipinski definition) is 1. The van der Waals surface area contributed by atoms with Crippen LogP contribution < -0.4 is 19.1 Å². The van der Waals surface area contributed by atoms with Crippen LogP contribution in [0.25, 0.3) is 0 Å². The van der Waals surface area contributed by atoms with Gasteiger partial charge in [0, 0.05) is 12.1 Å². The lowest BCUT2D eigenvalue weighted by atomic mass is 10.2. The van der Waals surface area contributed by atoms with E-state index in [-0.39, 0.29) is 22.2 Å². The van der Waals surface area contributed by atoms with E-state index in [1.807, 2.05) is 0 Å². The maximum absolute atomic E-state index is 13.4. The molecule has 0 radical (unpaired) electrons. The quantitative estimate of drug-likeness (QED) is 0.584. The molecule has 1 heterocycles. The third kappa shape index (κ3) is 4.54. The summed E-state index contributed by atoms with van der Waals surface area (Å²) in [5, 5.41) is 6.20. The van der Waals surface area contributed by atoms with E-state index in [9.17, 15) is 13.2 Å². The molecule has 10 heteroatoms. The SMILES string of the molecule is COc1ccc(OC)c(N(CC(=O)Nc2cc(C)no2)S(=O)(=O)c2ccccc2)c1. The van der Waals surface area contributed by atoms with Gasteiger partial charge in [-0.05, 0) is 31.2 Å². The molecular formula is C20H21N3O6S. The molecule has 30 heavy (non-hydrogen) atoms. The van der Waals surface area contributed by atoms with Crippen LogP contribution in [0.2, 0.25) is 0 Å². The Labute approximate surface area is 174 Å². The standard InChI is InChI=1S/C20H21N3O6S/c1-14-11-20(29-22-14)21-19(24)13-23(30(25,26)16-7-5-4-6-8-16)17-12-15(27-2)9-10-18(17)28-3/h4-12H,13H2,1-3H3,(H,21,24). The number of sulfonamides is 1. The molecule has 0 saturated carbocycles. The normalized spacial score (nSPS) is 11.0. The average Bonchev–Trinajstić information content (AvgIpc) is 3.16. The van der Waals surface area contributed by atoms with Crippen LogP contribution in [-0.2, 0) is 14.8 Å². The Kier molecular flexibility index (Phi) is 6.26. The summed E-state index contributed by atoms with van der Waals surface area (Å²) in [4.78, 5) is 12.7. The number of hydrogen-bond acceptors (Lipinski definition) is 7. The predicted molar refractivity (Wildman–Crippen MR) is 110 cm³/mol.